The van der Waals surface area contributed by atoms with Crippen LogP contribution in [0.2, 0.25) is 10.5 Å². The molecule has 1 heterocycles. The number of carbonyl (C=O) groups excluding carboxylic acids is 1. The summed E-state index contributed by atoms with van der Waals surface area (Å²) in [7, 11) is 0. The van der Waals surface area contributed by atoms with Crippen LogP contribution in [0.1, 0.15) is 26.3 Å². The van der Waals surface area contributed by atoms with Crippen LogP contribution in [0.4, 0.5) is 0 Å². The van der Waals surface area contributed by atoms with Crippen LogP contribution >= 0.6 is 0 Å². The summed E-state index contributed by atoms with van der Waals surface area (Å²) in [6.07, 6.45) is 0. The van der Waals surface area contributed by atoms with E-state index in [0.29, 0.717) is 0 Å². The maximum absolute atomic E-state index is 11.9. The van der Waals surface area contributed by atoms with Gasteiger partial charge >= 0.3 is 105 Å². The zero-order valence-electron chi connectivity index (χ0n) is 10.6. The van der Waals surface area contributed by atoms with E-state index >= 15 is 0 Å². The molecule has 1 aliphatic heterocycles. The van der Waals surface area contributed by atoms with Crippen molar-refractivity contribution in [3.05, 3.63) is 41.5 Å². The van der Waals surface area contributed by atoms with Crippen LogP contribution in [-0.2, 0) is 8.56 Å². The molecule has 0 aromatic heterocycles. The van der Waals surface area contributed by atoms with Gasteiger partial charge in [0.05, 0.1) is 0 Å². The first kappa shape index (κ1) is 12.4. The van der Waals surface area contributed by atoms with Gasteiger partial charge in [-0.25, -0.2) is 0 Å². The molecule has 17 heavy (non-hydrogen) atoms. The second kappa shape index (κ2) is 4.69. The predicted molar refractivity (Wildman–Crippen MR) is 71.8 cm³/mol. The van der Waals surface area contributed by atoms with Crippen molar-refractivity contribution in [1.82, 2.24) is 0 Å². The van der Waals surface area contributed by atoms with Crippen LogP contribution in [0.15, 0.2) is 35.9 Å². The molecule has 0 saturated carbocycles. The van der Waals surface area contributed by atoms with Gasteiger partial charge < -0.3 is 0 Å². The van der Waals surface area contributed by atoms with Crippen LogP contribution in [0.5, 0.6) is 0 Å². The Morgan fingerprint density at radius 2 is 1.71 bits per heavy atom. The SMILES string of the molecule is C[CH2][Ge]1([CH2]C)[O]C(=O)C(C)=[C]1c1ccccc1. The van der Waals surface area contributed by atoms with E-state index in [1.54, 1.807) is 0 Å². The van der Waals surface area contributed by atoms with Crippen molar-refractivity contribution in [1.29, 1.82) is 0 Å². The predicted octanol–water partition coefficient (Wildman–Crippen LogP) is 3.54. The monoisotopic (exact) mass is 292 g/mol. The normalized spacial score (nSPS) is 18.4. The molecule has 0 N–H and O–H groups in total. The minimum absolute atomic E-state index is 0.0902. The van der Waals surface area contributed by atoms with E-state index in [9.17, 15) is 4.79 Å². The van der Waals surface area contributed by atoms with E-state index in [-0.39, 0.29) is 5.97 Å². The molecular weight excluding hydrogens is 273 g/mol. The molecule has 0 fully saturated rings. The molecule has 1 aliphatic rings. The molecule has 90 valence electrons. The van der Waals surface area contributed by atoms with Gasteiger partial charge in [-0.15, -0.1) is 0 Å². The maximum atomic E-state index is 11.9. The third-order valence-electron chi connectivity index (χ3n) is 3.63. The molecule has 0 atom stereocenters. The van der Waals surface area contributed by atoms with E-state index in [1.807, 2.05) is 25.1 Å². The Labute approximate surface area is 105 Å². The summed E-state index contributed by atoms with van der Waals surface area (Å²) in [6, 6.07) is 10.2. The first-order chi connectivity index (χ1) is 8.14. The summed E-state index contributed by atoms with van der Waals surface area (Å²) in [4.78, 5) is 11.9. The van der Waals surface area contributed by atoms with Crippen LogP contribution in [0.25, 0.3) is 4.41 Å². The molecule has 1 aromatic carbocycles. The summed E-state index contributed by atoms with van der Waals surface area (Å²) >= 11 is -2.61. The number of rotatable bonds is 3. The Hall–Kier alpha value is -1.03. The Kier molecular flexibility index (Phi) is 3.43. The first-order valence-corrected chi connectivity index (χ1v) is 11.0. The van der Waals surface area contributed by atoms with Gasteiger partial charge in [-0.1, -0.05) is 0 Å². The zero-order chi connectivity index (χ0) is 12.5. The number of hydrogen-bond acceptors (Lipinski definition) is 2. The van der Waals surface area contributed by atoms with Gasteiger partial charge in [-0.05, 0) is 0 Å². The molecule has 2 nitrogen and oxygen atoms in total. The summed E-state index contributed by atoms with van der Waals surface area (Å²) in [5.41, 5.74) is 2.01. The Balaban J connectivity index is 2.58. The Bertz CT molecular complexity index is 458. The third-order valence-corrected chi connectivity index (χ3v) is 12.9. The van der Waals surface area contributed by atoms with Gasteiger partial charge in [-0.2, -0.15) is 0 Å². The van der Waals surface area contributed by atoms with Gasteiger partial charge in [0.2, 0.25) is 0 Å². The quantitative estimate of drug-likeness (QED) is 0.796. The van der Waals surface area contributed by atoms with Gasteiger partial charge in [0, 0.05) is 0 Å². The fourth-order valence-electron chi connectivity index (χ4n) is 2.58. The van der Waals surface area contributed by atoms with Crippen molar-refractivity contribution >= 4 is 24.0 Å². The van der Waals surface area contributed by atoms with E-state index in [1.165, 1.54) is 9.97 Å². The van der Waals surface area contributed by atoms with E-state index < -0.39 is 13.6 Å². The van der Waals surface area contributed by atoms with Crippen molar-refractivity contribution in [2.24, 2.45) is 0 Å². The van der Waals surface area contributed by atoms with Gasteiger partial charge in [-0.3, -0.25) is 0 Å². The zero-order valence-corrected chi connectivity index (χ0v) is 12.7. The molecular formula is C14H18GeO2. The molecule has 2 rings (SSSR count). The van der Waals surface area contributed by atoms with Gasteiger partial charge in [0.1, 0.15) is 0 Å². The van der Waals surface area contributed by atoms with E-state index in [4.69, 9.17) is 3.76 Å². The van der Waals surface area contributed by atoms with Crippen LogP contribution in [0, 0.1) is 0 Å². The summed E-state index contributed by atoms with van der Waals surface area (Å²) in [6.45, 7) is 6.21. The summed E-state index contributed by atoms with van der Waals surface area (Å²) < 4.78 is 7.05. The number of benzene rings is 1. The van der Waals surface area contributed by atoms with Gasteiger partial charge in [0.15, 0.2) is 0 Å². The molecule has 0 bridgehead atoms. The first-order valence-electron chi connectivity index (χ1n) is 6.14. The number of carbonyl (C=O) groups is 1. The number of hydrogen-bond donors (Lipinski definition) is 0. The Morgan fingerprint density at radius 1 is 1.12 bits per heavy atom. The Morgan fingerprint density at radius 3 is 2.24 bits per heavy atom. The van der Waals surface area contributed by atoms with Crippen molar-refractivity contribution < 1.29 is 8.56 Å². The topological polar surface area (TPSA) is 26.3 Å². The standard InChI is InChI=1S/C14H18GeO2/c1-4-15(5-2)13(11(3)14(16)17-15)12-9-7-6-8-10-12/h6-10H,4-5H2,1-3H3. The molecule has 0 unspecified atom stereocenters. The summed E-state index contributed by atoms with van der Waals surface area (Å²) in [5, 5.41) is 2.01. The molecule has 0 saturated heterocycles. The minimum atomic E-state index is -2.61. The van der Waals surface area contributed by atoms with E-state index in [2.05, 4.69) is 26.0 Å². The van der Waals surface area contributed by atoms with Crippen LogP contribution in [0.3, 0.4) is 0 Å². The molecule has 1 aromatic rings. The van der Waals surface area contributed by atoms with Crippen LogP contribution < -0.4 is 0 Å². The van der Waals surface area contributed by atoms with E-state index in [0.717, 1.165) is 16.1 Å². The van der Waals surface area contributed by atoms with Crippen molar-refractivity contribution in [3.8, 4) is 0 Å². The molecule has 3 heteroatoms. The molecule has 0 spiro atoms. The average Bonchev–Trinajstić information content (AvgIpc) is 2.63. The fraction of sp³-hybridized carbons (Fsp3) is 0.357. The summed E-state index contributed by atoms with van der Waals surface area (Å²) in [5.74, 6) is -0.0902. The van der Waals surface area contributed by atoms with Gasteiger partial charge in [0.25, 0.3) is 0 Å². The van der Waals surface area contributed by atoms with Crippen LogP contribution in [-0.4, -0.2) is 19.6 Å². The molecule has 0 amide bonds. The second-order valence-electron chi connectivity index (χ2n) is 4.46. The van der Waals surface area contributed by atoms with Crippen molar-refractivity contribution in [2.75, 3.05) is 0 Å². The molecule has 0 aliphatic carbocycles. The molecule has 0 radical (unpaired) electrons. The third kappa shape index (κ3) is 1.95. The van der Waals surface area contributed by atoms with Crippen molar-refractivity contribution in [2.45, 2.75) is 31.3 Å². The fourth-order valence-corrected chi connectivity index (χ4v) is 10.1. The second-order valence-corrected chi connectivity index (χ2v) is 13.1. The van der Waals surface area contributed by atoms with Crippen molar-refractivity contribution in [3.63, 3.8) is 0 Å². The average molecular weight is 291 g/mol.